The molecule has 0 bridgehead atoms. The Morgan fingerprint density at radius 3 is 1.59 bits per heavy atom. The summed E-state index contributed by atoms with van der Waals surface area (Å²) in [6.07, 6.45) is 13.0. The molecule has 0 N–H and O–H groups in total. The van der Waals surface area contributed by atoms with E-state index in [4.69, 9.17) is 0 Å². The fourth-order valence-electron chi connectivity index (χ4n) is 3.95. The highest BCUT2D eigenvalue weighted by molar-refractivity contribution is 7.14. The zero-order chi connectivity index (χ0) is 20.3. The highest BCUT2D eigenvalue weighted by atomic mass is 32.1. The van der Waals surface area contributed by atoms with Crippen molar-refractivity contribution < 1.29 is 0 Å². The molecule has 0 saturated carbocycles. The van der Waals surface area contributed by atoms with Crippen molar-refractivity contribution in [1.82, 2.24) is 0 Å². The molecule has 0 aliphatic carbocycles. The van der Waals surface area contributed by atoms with Crippen LogP contribution in [0.15, 0.2) is 60.0 Å². The normalized spacial score (nSPS) is 11.1. The maximum absolute atomic E-state index is 2.32. The van der Waals surface area contributed by atoms with Crippen LogP contribution in [0.4, 0.5) is 0 Å². The second-order valence-electron chi connectivity index (χ2n) is 8.18. The molecule has 0 atom stereocenters. The maximum Gasteiger partial charge on any atom is 0.0421 e. The SMILES string of the molecule is CCCCCCc1ccc(-c2ccsc2-c2ccc(CCCCCC)cc2)cc1. The van der Waals surface area contributed by atoms with Gasteiger partial charge in [-0.2, -0.15) is 0 Å². The minimum atomic E-state index is 1.20. The first-order valence-electron chi connectivity index (χ1n) is 11.6. The van der Waals surface area contributed by atoms with Gasteiger partial charge in [0.1, 0.15) is 0 Å². The summed E-state index contributed by atoms with van der Waals surface area (Å²) in [5.74, 6) is 0. The predicted molar refractivity (Wildman–Crippen MR) is 131 cm³/mol. The van der Waals surface area contributed by atoms with Gasteiger partial charge in [-0.15, -0.1) is 11.3 Å². The minimum Gasteiger partial charge on any atom is -0.143 e. The summed E-state index contributed by atoms with van der Waals surface area (Å²) < 4.78 is 0. The van der Waals surface area contributed by atoms with Crippen molar-refractivity contribution in [3.8, 4) is 21.6 Å². The third kappa shape index (κ3) is 6.57. The summed E-state index contributed by atoms with van der Waals surface area (Å²) in [4.78, 5) is 1.39. The van der Waals surface area contributed by atoms with Crippen molar-refractivity contribution >= 4 is 11.3 Å². The highest BCUT2D eigenvalue weighted by Gasteiger charge is 2.09. The molecule has 0 aliphatic heterocycles. The zero-order valence-corrected chi connectivity index (χ0v) is 19.1. The van der Waals surface area contributed by atoms with E-state index in [-0.39, 0.29) is 0 Å². The standard InChI is InChI=1S/C28H36S/c1-3-5-7-9-11-23-13-17-25(18-14-23)27-21-22-29-28(27)26-19-15-24(16-20-26)12-10-8-6-4-2/h13-22H,3-12H2,1-2H3. The molecule has 1 aromatic heterocycles. The molecule has 1 heteroatoms. The summed E-state index contributed by atoms with van der Waals surface area (Å²) in [7, 11) is 0. The van der Waals surface area contributed by atoms with Gasteiger partial charge in [0.25, 0.3) is 0 Å². The monoisotopic (exact) mass is 404 g/mol. The lowest BCUT2D eigenvalue weighted by atomic mass is 9.98. The highest BCUT2D eigenvalue weighted by Crippen LogP contribution is 2.37. The topological polar surface area (TPSA) is 0 Å². The average Bonchev–Trinajstić information content (AvgIpc) is 3.25. The van der Waals surface area contributed by atoms with Gasteiger partial charge in [0, 0.05) is 10.4 Å². The van der Waals surface area contributed by atoms with Crippen LogP contribution in [0.25, 0.3) is 21.6 Å². The van der Waals surface area contributed by atoms with Crippen molar-refractivity contribution in [2.45, 2.75) is 78.1 Å². The summed E-state index contributed by atoms with van der Waals surface area (Å²) in [5.41, 5.74) is 6.98. The van der Waals surface area contributed by atoms with Crippen molar-refractivity contribution in [2.24, 2.45) is 0 Å². The van der Waals surface area contributed by atoms with Crippen LogP contribution >= 0.6 is 11.3 Å². The molecule has 0 nitrogen and oxygen atoms in total. The molecule has 0 saturated heterocycles. The number of thiophene rings is 1. The van der Waals surface area contributed by atoms with E-state index in [1.165, 1.54) is 96.9 Å². The Labute approximate surface area is 182 Å². The second kappa shape index (κ2) is 12.0. The van der Waals surface area contributed by atoms with Crippen LogP contribution in [0.2, 0.25) is 0 Å². The van der Waals surface area contributed by atoms with Gasteiger partial charge in [0.15, 0.2) is 0 Å². The fraction of sp³-hybridized carbons (Fsp3) is 0.429. The quantitative estimate of drug-likeness (QED) is 0.264. The Kier molecular flexibility index (Phi) is 9.02. The van der Waals surface area contributed by atoms with Crippen molar-refractivity contribution in [3.05, 3.63) is 71.1 Å². The third-order valence-corrected chi connectivity index (χ3v) is 6.75. The lowest BCUT2D eigenvalue weighted by molar-refractivity contribution is 0.667. The van der Waals surface area contributed by atoms with E-state index in [0.29, 0.717) is 0 Å². The Hall–Kier alpha value is -1.86. The van der Waals surface area contributed by atoms with Crippen LogP contribution in [0.3, 0.4) is 0 Å². The summed E-state index contributed by atoms with van der Waals surface area (Å²) >= 11 is 1.85. The number of rotatable bonds is 12. The molecule has 0 spiro atoms. The molecule has 0 aliphatic rings. The molecule has 0 fully saturated rings. The average molecular weight is 405 g/mol. The first-order valence-corrected chi connectivity index (χ1v) is 12.5. The van der Waals surface area contributed by atoms with Crippen molar-refractivity contribution in [3.63, 3.8) is 0 Å². The fourth-order valence-corrected chi connectivity index (χ4v) is 4.87. The maximum atomic E-state index is 2.32. The van der Waals surface area contributed by atoms with Crippen LogP contribution in [0.1, 0.15) is 76.3 Å². The van der Waals surface area contributed by atoms with Crippen LogP contribution in [-0.2, 0) is 12.8 Å². The van der Waals surface area contributed by atoms with E-state index in [1.807, 2.05) is 11.3 Å². The third-order valence-electron chi connectivity index (χ3n) is 5.78. The Morgan fingerprint density at radius 1 is 0.552 bits per heavy atom. The first-order chi connectivity index (χ1) is 14.3. The summed E-state index contributed by atoms with van der Waals surface area (Å²) in [6.45, 7) is 4.54. The van der Waals surface area contributed by atoms with Gasteiger partial charge in [-0.1, -0.05) is 101 Å². The molecule has 1 heterocycles. The van der Waals surface area contributed by atoms with Crippen LogP contribution in [-0.4, -0.2) is 0 Å². The predicted octanol–water partition coefficient (Wildman–Crippen LogP) is 9.33. The summed E-state index contributed by atoms with van der Waals surface area (Å²) in [6, 6.07) is 20.8. The van der Waals surface area contributed by atoms with E-state index >= 15 is 0 Å². The smallest absolute Gasteiger partial charge is 0.0421 e. The molecule has 2 aromatic carbocycles. The molecular formula is C28H36S. The number of benzene rings is 2. The van der Waals surface area contributed by atoms with E-state index < -0.39 is 0 Å². The van der Waals surface area contributed by atoms with Gasteiger partial charge in [0.2, 0.25) is 0 Å². The largest absolute Gasteiger partial charge is 0.143 e. The van der Waals surface area contributed by atoms with Crippen LogP contribution < -0.4 is 0 Å². The van der Waals surface area contributed by atoms with Crippen molar-refractivity contribution in [2.75, 3.05) is 0 Å². The Balaban J connectivity index is 1.64. The van der Waals surface area contributed by atoms with E-state index in [9.17, 15) is 0 Å². The van der Waals surface area contributed by atoms with Gasteiger partial charge in [-0.25, -0.2) is 0 Å². The van der Waals surface area contributed by atoms with Gasteiger partial charge in [0.05, 0.1) is 0 Å². The molecule has 0 radical (unpaired) electrons. The summed E-state index contributed by atoms with van der Waals surface area (Å²) in [5, 5.41) is 2.22. The molecule has 154 valence electrons. The number of hydrogen-bond donors (Lipinski definition) is 0. The first kappa shape index (κ1) is 21.8. The lowest BCUT2D eigenvalue weighted by Crippen LogP contribution is -1.87. The van der Waals surface area contributed by atoms with Crippen LogP contribution in [0.5, 0.6) is 0 Å². The lowest BCUT2D eigenvalue weighted by Gasteiger charge is -2.08. The second-order valence-corrected chi connectivity index (χ2v) is 9.09. The Bertz CT molecular complexity index is 754. The minimum absolute atomic E-state index is 1.20. The number of aryl methyl sites for hydroxylation is 2. The zero-order valence-electron chi connectivity index (χ0n) is 18.3. The van der Waals surface area contributed by atoms with Gasteiger partial charge in [-0.3, -0.25) is 0 Å². The molecule has 0 unspecified atom stereocenters. The number of hydrogen-bond acceptors (Lipinski definition) is 1. The van der Waals surface area contributed by atoms with Gasteiger partial charge < -0.3 is 0 Å². The molecule has 3 rings (SSSR count). The molecule has 29 heavy (non-hydrogen) atoms. The van der Waals surface area contributed by atoms with Gasteiger partial charge in [-0.05, 0) is 59.4 Å². The molecule has 3 aromatic rings. The Morgan fingerprint density at radius 2 is 1.07 bits per heavy atom. The van der Waals surface area contributed by atoms with Crippen molar-refractivity contribution in [1.29, 1.82) is 0 Å². The van der Waals surface area contributed by atoms with E-state index in [1.54, 1.807) is 0 Å². The van der Waals surface area contributed by atoms with Gasteiger partial charge >= 0.3 is 0 Å². The van der Waals surface area contributed by atoms with E-state index in [0.717, 1.165) is 0 Å². The molecular weight excluding hydrogens is 368 g/mol. The van der Waals surface area contributed by atoms with E-state index in [2.05, 4.69) is 73.8 Å². The molecule has 0 amide bonds. The number of unbranched alkanes of at least 4 members (excludes halogenated alkanes) is 6. The van der Waals surface area contributed by atoms with Crippen LogP contribution in [0, 0.1) is 0 Å².